The van der Waals surface area contributed by atoms with Crippen LogP contribution in [0.1, 0.15) is 44.6 Å². The molecule has 0 heterocycles. The SMILES string of the molecule is CCNC(=NCC(=O)NCCc1ccccc1)NCC1(CCOC)CCCC1. The Morgan fingerprint density at radius 3 is 2.57 bits per heavy atom. The molecule has 0 radical (unpaired) electrons. The zero-order chi connectivity index (χ0) is 20.1. The summed E-state index contributed by atoms with van der Waals surface area (Å²) in [6, 6.07) is 10.2. The number of amides is 1. The van der Waals surface area contributed by atoms with Crippen LogP contribution in [-0.2, 0) is 16.0 Å². The Morgan fingerprint density at radius 2 is 1.89 bits per heavy atom. The lowest BCUT2D eigenvalue weighted by Crippen LogP contribution is -2.44. The third kappa shape index (κ3) is 7.89. The van der Waals surface area contributed by atoms with Crippen LogP contribution in [0.15, 0.2) is 35.3 Å². The number of carbonyl (C=O) groups is 1. The average Bonchev–Trinajstić information content (AvgIpc) is 3.18. The molecule has 28 heavy (non-hydrogen) atoms. The molecule has 1 aromatic rings. The summed E-state index contributed by atoms with van der Waals surface area (Å²) in [5.74, 6) is 0.660. The van der Waals surface area contributed by atoms with Crippen molar-refractivity contribution in [1.82, 2.24) is 16.0 Å². The number of guanidine groups is 1. The summed E-state index contributed by atoms with van der Waals surface area (Å²) < 4.78 is 5.30. The lowest BCUT2D eigenvalue weighted by Gasteiger charge is -2.30. The zero-order valence-electron chi connectivity index (χ0n) is 17.4. The third-order valence-corrected chi connectivity index (χ3v) is 5.44. The molecule has 0 spiro atoms. The number of nitrogens with zero attached hydrogens (tertiary/aromatic N) is 1. The zero-order valence-corrected chi connectivity index (χ0v) is 17.4. The number of methoxy groups -OCH3 is 1. The van der Waals surface area contributed by atoms with Crippen LogP contribution in [-0.4, -0.2) is 51.8 Å². The standard InChI is InChI=1S/C22H36N4O2/c1-3-23-21(26-18-22(14-16-28-2)12-7-8-13-22)25-17-20(27)24-15-11-19-9-5-4-6-10-19/h4-6,9-10H,3,7-8,11-18H2,1-2H3,(H,24,27)(H2,23,25,26). The van der Waals surface area contributed by atoms with Crippen LogP contribution in [0.4, 0.5) is 0 Å². The molecular formula is C22H36N4O2. The Kier molecular flexibility index (Phi) is 9.83. The normalized spacial score (nSPS) is 16.0. The van der Waals surface area contributed by atoms with Gasteiger partial charge in [0.25, 0.3) is 0 Å². The molecule has 0 atom stereocenters. The minimum atomic E-state index is -0.0527. The molecule has 0 unspecified atom stereocenters. The molecule has 0 aromatic heterocycles. The maximum absolute atomic E-state index is 12.1. The number of aliphatic imine (C=N–C) groups is 1. The Labute approximate surface area is 169 Å². The summed E-state index contributed by atoms with van der Waals surface area (Å²) >= 11 is 0. The second-order valence-corrected chi connectivity index (χ2v) is 7.58. The van der Waals surface area contributed by atoms with Gasteiger partial charge in [-0.15, -0.1) is 0 Å². The van der Waals surface area contributed by atoms with Crippen molar-refractivity contribution in [2.75, 3.05) is 39.9 Å². The van der Waals surface area contributed by atoms with Gasteiger partial charge in [-0.05, 0) is 43.6 Å². The summed E-state index contributed by atoms with van der Waals surface area (Å²) in [4.78, 5) is 16.6. The van der Waals surface area contributed by atoms with E-state index in [9.17, 15) is 4.79 Å². The van der Waals surface area contributed by atoms with Gasteiger partial charge in [-0.1, -0.05) is 43.2 Å². The minimum absolute atomic E-state index is 0.0527. The first kappa shape index (κ1) is 22.2. The van der Waals surface area contributed by atoms with E-state index in [4.69, 9.17) is 4.74 Å². The summed E-state index contributed by atoms with van der Waals surface area (Å²) in [5.41, 5.74) is 1.50. The highest BCUT2D eigenvalue weighted by atomic mass is 16.5. The molecule has 156 valence electrons. The molecule has 0 bridgehead atoms. The van der Waals surface area contributed by atoms with Gasteiger partial charge in [-0.3, -0.25) is 4.79 Å². The van der Waals surface area contributed by atoms with E-state index in [1.165, 1.54) is 31.2 Å². The van der Waals surface area contributed by atoms with Crippen LogP contribution >= 0.6 is 0 Å². The first-order valence-corrected chi connectivity index (χ1v) is 10.5. The first-order chi connectivity index (χ1) is 13.7. The minimum Gasteiger partial charge on any atom is -0.385 e. The molecule has 0 aliphatic heterocycles. The molecule has 2 rings (SSSR count). The second-order valence-electron chi connectivity index (χ2n) is 7.58. The Morgan fingerprint density at radius 1 is 1.14 bits per heavy atom. The highest BCUT2D eigenvalue weighted by molar-refractivity contribution is 5.84. The Hall–Kier alpha value is -2.08. The van der Waals surface area contributed by atoms with Gasteiger partial charge in [0.15, 0.2) is 5.96 Å². The average molecular weight is 389 g/mol. The highest BCUT2D eigenvalue weighted by Gasteiger charge is 2.33. The van der Waals surface area contributed by atoms with Crippen molar-refractivity contribution in [3.05, 3.63) is 35.9 Å². The van der Waals surface area contributed by atoms with Gasteiger partial charge >= 0.3 is 0 Å². The Balaban J connectivity index is 1.77. The quantitative estimate of drug-likeness (QED) is 0.402. The van der Waals surface area contributed by atoms with E-state index < -0.39 is 0 Å². The largest absolute Gasteiger partial charge is 0.385 e. The number of ether oxygens (including phenoxy) is 1. The van der Waals surface area contributed by atoms with Crippen LogP contribution in [0.2, 0.25) is 0 Å². The fourth-order valence-electron chi connectivity index (χ4n) is 3.77. The van der Waals surface area contributed by atoms with Gasteiger partial charge in [0.05, 0.1) is 0 Å². The number of carbonyl (C=O) groups excluding carboxylic acids is 1. The van der Waals surface area contributed by atoms with Crippen LogP contribution in [0.25, 0.3) is 0 Å². The molecule has 1 aliphatic rings. The second kappa shape index (κ2) is 12.4. The van der Waals surface area contributed by atoms with E-state index in [1.54, 1.807) is 7.11 Å². The van der Waals surface area contributed by atoms with Crippen molar-refractivity contribution >= 4 is 11.9 Å². The van der Waals surface area contributed by atoms with Crippen molar-refractivity contribution in [3.63, 3.8) is 0 Å². The van der Waals surface area contributed by atoms with Gasteiger partial charge in [0, 0.05) is 33.4 Å². The fourth-order valence-corrected chi connectivity index (χ4v) is 3.77. The summed E-state index contributed by atoms with van der Waals surface area (Å²) in [5, 5.41) is 9.64. The smallest absolute Gasteiger partial charge is 0.241 e. The molecule has 1 aromatic carbocycles. The molecule has 0 saturated heterocycles. The van der Waals surface area contributed by atoms with Crippen LogP contribution in [0.5, 0.6) is 0 Å². The molecule has 1 saturated carbocycles. The number of hydrogen-bond donors (Lipinski definition) is 3. The predicted molar refractivity (Wildman–Crippen MR) is 115 cm³/mol. The fraction of sp³-hybridized carbons (Fsp3) is 0.636. The van der Waals surface area contributed by atoms with Crippen molar-refractivity contribution in [1.29, 1.82) is 0 Å². The van der Waals surface area contributed by atoms with Crippen molar-refractivity contribution < 1.29 is 9.53 Å². The van der Waals surface area contributed by atoms with E-state index in [2.05, 4.69) is 33.1 Å². The topological polar surface area (TPSA) is 74.8 Å². The third-order valence-electron chi connectivity index (χ3n) is 5.44. The molecule has 3 N–H and O–H groups in total. The Bertz CT molecular complexity index is 598. The molecule has 1 aliphatic carbocycles. The number of nitrogens with one attached hydrogen (secondary N) is 3. The molecule has 6 nitrogen and oxygen atoms in total. The lowest BCUT2D eigenvalue weighted by atomic mass is 9.83. The first-order valence-electron chi connectivity index (χ1n) is 10.5. The maximum atomic E-state index is 12.1. The predicted octanol–water partition coefficient (Wildman–Crippen LogP) is 2.50. The molecule has 6 heteroatoms. The van der Waals surface area contributed by atoms with Gasteiger partial charge < -0.3 is 20.7 Å². The van der Waals surface area contributed by atoms with Crippen LogP contribution in [0, 0.1) is 5.41 Å². The van der Waals surface area contributed by atoms with Gasteiger partial charge in [0.1, 0.15) is 6.54 Å². The van der Waals surface area contributed by atoms with E-state index in [0.29, 0.717) is 12.5 Å². The lowest BCUT2D eigenvalue weighted by molar-refractivity contribution is -0.119. The van der Waals surface area contributed by atoms with Gasteiger partial charge in [-0.25, -0.2) is 4.99 Å². The van der Waals surface area contributed by atoms with Gasteiger partial charge in [-0.2, -0.15) is 0 Å². The van der Waals surface area contributed by atoms with Crippen molar-refractivity contribution in [3.8, 4) is 0 Å². The molecular weight excluding hydrogens is 352 g/mol. The van der Waals surface area contributed by atoms with Crippen LogP contribution < -0.4 is 16.0 Å². The number of benzene rings is 1. The van der Waals surface area contributed by atoms with Crippen LogP contribution in [0.3, 0.4) is 0 Å². The van der Waals surface area contributed by atoms with Crippen molar-refractivity contribution in [2.24, 2.45) is 10.4 Å². The van der Waals surface area contributed by atoms with E-state index >= 15 is 0 Å². The molecule has 1 amide bonds. The molecule has 1 fully saturated rings. The van der Waals surface area contributed by atoms with Crippen molar-refractivity contribution in [2.45, 2.75) is 45.4 Å². The number of hydrogen-bond acceptors (Lipinski definition) is 3. The van der Waals surface area contributed by atoms with E-state index in [-0.39, 0.29) is 17.9 Å². The van der Waals surface area contributed by atoms with E-state index in [1.807, 2.05) is 25.1 Å². The monoisotopic (exact) mass is 388 g/mol. The number of rotatable bonds is 11. The highest BCUT2D eigenvalue weighted by Crippen LogP contribution is 2.40. The summed E-state index contributed by atoms with van der Waals surface area (Å²) in [6.07, 6.45) is 6.91. The summed E-state index contributed by atoms with van der Waals surface area (Å²) in [7, 11) is 1.76. The maximum Gasteiger partial charge on any atom is 0.241 e. The summed E-state index contributed by atoms with van der Waals surface area (Å²) in [6.45, 7) is 5.23. The van der Waals surface area contributed by atoms with Gasteiger partial charge in [0.2, 0.25) is 5.91 Å². The van der Waals surface area contributed by atoms with E-state index in [0.717, 1.165) is 32.5 Å².